The zero-order chi connectivity index (χ0) is 6.69. The minimum Gasteiger partial charge on any atom is -0.308 e. The third-order valence-corrected chi connectivity index (χ3v) is 1.35. The molecule has 0 aromatic carbocycles. The molecule has 0 atom stereocenters. The van der Waals surface area contributed by atoms with Crippen LogP contribution in [0.15, 0.2) is 11.1 Å². The average Bonchev–Trinajstić information content (AvgIpc) is 2.33. The smallest absolute Gasteiger partial charge is 0.0292 e. The minimum absolute atomic E-state index is 0.751. The summed E-state index contributed by atoms with van der Waals surface area (Å²) in [5.74, 6) is 2.53. The van der Waals surface area contributed by atoms with Gasteiger partial charge < -0.3 is 10.7 Å². The third-order valence-electron chi connectivity index (χ3n) is 1.35. The van der Waals surface area contributed by atoms with Crippen molar-refractivity contribution in [2.45, 2.75) is 0 Å². The normalized spacial score (nSPS) is 17.7. The Morgan fingerprint density at radius 1 is 1.67 bits per heavy atom. The zero-order valence-electron chi connectivity index (χ0n) is 5.07. The maximum absolute atomic E-state index is 6.92. The van der Waals surface area contributed by atoms with Crippen molar-refractivity contribution in [1.82, 2.24) is 5.32 Å². The van der Waals surface area contributed by atoms with Gasteiger partial charge in [-0.3, -0.25) is 0 Å². The van der Waals surface area contributed by atoms with Crippen molar-refractivity contribution in [1.29, 1.82) is 5.41 Å². The lowest BCUT2D eigenvalue weighted by atomic mass is 10.2. The summed E-state index contributed by atoms with van der Waals surface area (Å²) in [4.78, 5) is 0. The summed E-state index contributed by atoms with van der Waals surface area (Å²) >= 11 is 0. The summed E-state index contributed by atoms with van der Waals surface area (Å²) in [6.07, 6.45) is 6.46. The third kappa shape index (κ3) is 1.01. The van der Waals surface area contributed by atoms with Gasteiger partial charge in [-0.15, -0.1) is 6.42 Å². The van der Waals surface area contributed by atoms with Gasteiger partial charge in [-0.2, -0.15) is 0 Å². The Hall–Kier alpha value is -1.07. The van der Waals surface area contributed by atoms with Gasteiger partial charge >= 0.3 is 0 Å². The molecule has 0 aromatic rings. The zero-order valence-corrected chi connectivity index (χ0v) is 5.07. The van der Waals surface area contributed by atoms with Gasteiger partial charge in [0.05, 0.1) is 0 Å². The maximum atomic E-state index is 6.92. The monoisotopic (exact) mass is 120 g/mol. The summed E-state index contributed by atoms with van der Waals surface area (Å²) in [6.45, 7) is 1.50. The second-order valence-corrected chi connectivity index (χ2v) is 1.90. The number of nitrogens with one attached hydrogen (secondary N) is 2. The molecule has 0 aliphatic carbocycles. The van der Waals surface area contributed by atoms with Gasteiger partial charge in [0, 0.05) is 24.9 Å². The highest BCUT2D eigenvalue weighted by atomic mass is 14.9. The Morgan fingerprint density at radius 2 is 2.44 bits per heavy atom. The molecule has 2 N–H and O–H groups in total. The fraction of sp³-hybridized carbons (Fsp3) is 0.286. The summed E-state index contributed by atoms with van der Waals surface area (Å²) < 4.78 is 0. The molecule has 2 nitrogen and oxygen atoms in total. The van der Waals surface area contributed by atoms with Crippen LogP contribution in [0, 0.1) is 17.8 Å². The second-order valence-electron chi connectivity index (χ2n) is 1.90. The Labute approximate surface area is 54.5 Å². The Balaban J connectivity index is 2.85. The Kier molecular flexibility index (Phi) is 1.66. The van der Waals surface area contributed by atoms with Gasteiger partial charge in [-0.1, -0.05) is 5.92 Å². The van der Waals surface area contributed by atoms with Gasteiger partial charge in [0.15, 0.2) is 0 Å². The van der Waals surface area contributed by atoms with Crippen LogP contribution in [0.3, 0.4) is 0 Å². The molecule has 1 heterocycles. The first kappa shape index (κ1) is 6.06. The van der Waals surface area contributed by atoms with Crippen LogP contribution in [-0.4, -0.2) is 19.3 Å². The van der Waals surface area contributed by atoms with E-state index in [1.807, 2.05) is 0 Å². The van der Waals surface area contributed by atoms with E-state index in [1.54, 1.807) is 0 Å². The molecule has 46 valence electrons. The Bertz CT molecular complexity index is 195. The second kappa shape index (κ2) is 2.47. The molecule has 2 heteroatoms. The topological polar surface area (TPSA) is 35.9 Å². The van der Waals surface area contributed by atoms with Crippen molar-refractivity contribution in [2.24, 2.45) is 0 Å². The first-order chi connectivity index (χ1) is 4.38. The lowest BCUT2D eigenvalue weighted by Gasteiger charge is -1.86. The number of hydrogen-bond donors (Lipinski definition) is 2. The largest absolute Gasteiger partial charge is 0.308 e. The molecule has 0 saturated heterocycles. The molecule has 0 unspecified atom stereocenters. The van der Waals surface area contributed by atoms with Gasteiger partial charge in [-0.05, 0) is 5.57 Å². The van der Waals surface area contributed by atoms with Crippen molar-refractivity contribution in [3.63, 3.8) is 0 Å². The van der Waals surface area contributed by atoms with Crippen LogP contribution < -0.4 is 5.32 Å². The van der Waals surface area contributed by atoms with Gasteiger partial charge in [0.1, 0.15) is 0 Å². The van der Waals surface area contributed by atoms with Crippen molar-refractivity contribution in [3.05, 3.63) is 11.1 Å². The quantitative estimate of drug-likeness (QED) is 0.375. The van der Waals surface area contributed by atoms with E-state index in [0.29, 0.717) is 0 Å². The van der Waals surface area contributed by atoms with Gasteiger partial charge in [0.25, 0.3) is 0 Å². The highest BCUT2D eigenvalue weighted by Gasteiger charge is 2.07. The van der Waals surface area contributed by atoms with Crippen molar-refractivity contribution in [3.8, 4) is 12.3 Å². The molecule has 1 aliphatic heterocycles. The van der Waals surface area contributed by atoms with Crippen molar-refractivity contribution >= 4 is 6.21 Å². The van der Waals surface area contributed by atoms with E-state index in [4.69, 9.17) is 11.8 Å². The van der Waals surface area contributed by atoms with Crippen LogP contribution in [0.5, 0.6) is 0 Å². The fourth-order valence-electron chi connectivity index (χ4n) is 0.824. The van der Waals surface area contributed by atoms with E-state index in [-0.39, 0.29) is 0 Å². The van der Waals surface area contributed by atoms with Crippen molar-refractivity contribution < 1.29 is 0 Å². The fourth-order valence-corrected chi connectivity index (χ4v) is 0.824. The van der Waals surface area contributed by atoms with E-state index in [2.05, 4.69) is 11.2 Å². The molecule has 9 heavy (non-hydrogen) atoms. The summed E-state index contributed by atoms with van der Waals surface area (Å²) in [6, 6.07) is 0. The summed E-state index contributed by atoms with van der Waals surface area (Å²) in [5, 5.41) is 9.97. The molecule has 0 spiro atoms. The molecular formula is C7H8N2. The highest BCUT2D eigenvalue weighted by molar-refractivity contribution is 5.80. The van der Waals surface area contributed by atoms with E-state index >= 15 is 0 Å². The molecule has 0 radical (unpaired) electrons. The van der Waals surface area contributed by atoms with Gasteiger partial charge in [-0.25, -0.2) is 0 Å². The SMILES string of the molecule is C#CC1=C(C=N)CNC1. The number of hydrogen-bond acceptors (Lipinski definition) is 2. The van der Waals surface area contributed by atoms with E-state index in [1.165, 1.54) is 6.21 Å². The minimum atomic E-state index is 0.751. The molecule has 0 fully saturated rings. The summed E-state index contributed by atoms with van der Waals surface area (Å²) in [5.41, 5.74) is 1.86. The van der Waals surface area contributed by atoms with Gasteiger partial charge in [0.2, 0.25) is 0 Å². The molecule has 1 rings (SSSR count). The first-order valence-corrected chi connectivity index (χ1v) is 2.78. The molecule has 1 aliphatic rings. The first-order valence-electron chi connectivity index (χ1n) is 2.78. The van der Waals surface area contributed by atoms with Crippen LogP contribution in [0.4, 0.5) is 0 Å². The van der Waals surface area contributed by atoms with Crippen LogP contribution in [-0.2, 0) is 0 Å². The Morgan fingerprint density at radius 3 is 2.89 bits per heavy atom. The molecule has 0 aromatic heterocycles. The van der Waals surface area contributed by atoms with Crippen molar-refractivity contribution in [2.75, 3.05) is 13.1 Å². The highest BCUT2D eigenvalue weighted by Crippen LogP contribution is 2.04. The average molecular weight is 120 g/mol. The lowest BCUT2D eigenvalue weighted by molar-refractivity contribution is 0.879. The summed E-state index contributed by atoms with van der Waals surface area (Å²) in [7, 11) is 0. The van der Waals surface area contributed by atoms with Crippen LogP contribution >= 0.6 is 0 Å². The van der Waals surface area contributed by atoms with Crippen LogP contribution in [0.1, 0.15) is 0 Å². The molecule has 0 bridgehead atoms. The molecule has 0 amide bonds. The lowest BCUT2D eigenvalue weighted by Crippen LogP contribution is -2.08. The van der Waals surface area contributed by atoms with Crippen LogP contribution in [0.25, 0.3) is 0 Å². The maximum Gasteiger partial charge on any atom is 0.0292 e. The standard InChI is InChI=1S/C7H8N2/c1-2-6-4-9-5-7(6)3-8/h1,3,8-9H,4-5H2. The number of rotatable bonds is 1. The van der Waals surface area contributed by atoms with E-state index < -0.39 is 0 Å². The molecular weight excluding hydrogens is 112 g/mol. The predicted octanol–water partition coefficient (Wildman–Crippen LogP) is 0.169. The van der Waals surface area contributed by atoms with E-state index in [9.17, 15) is 0 Å². The van der Waals surface area contributed by atoms with E-state index in [0.717, 1.165) is 24.2 Å². The number of terminal acetylenes is 1. The molecule has 0 saturated carbocycles. The van der Waals surface area contributed by atoms with Crippen LogP contribution in [0.2, 0.25) is 0 Å². The predicted molar refractivity (Wildman–Crippen MR) is 37.5 cm³/mol.